The van der Waals surface area contributed by atoms with Crippen LogP contribution in [0.2, 0.25) is 0 Å². The Hall–Kier alpha value is -1.85. The lowest BCUT2D eigenvalue weighted by molar-refractivity contribution is 0.346. The van der Waals surface area contributed by atoms with E-state index >= 15 is 0 Å². The average Bonchev–Trinajstić information content (AvgIpc) is 2.84. The van der Waals surface area contributed by atoms with Crippen LogP contribution in [0.4, 0.5) is 5.69 Å². The van der Waals surface area contributed by atoms with Gasteiger partial charge in [-0.2, -0.15) is 0 Å². The van der Waals surface area contributed by atoms with Gasteiger partial charge in [0.1, 0.15) is 0 Å². The minimum absolute atomic E-state index is 0.362. The van der Waals surface area contributed by atoms with Crippen LogP contribution in [0.25, 0.3) is 0 Å². The zero-order valence-electron chi connectivity index (χ0n) is 14.7. The van der Waals surface area contributed by atoms with Gasteiger partial charge < -0.3 is 10.2 Å². The monoisotopic (exact) mass is 356 g/mol. The molecule has 25 heavy (non-hydrogen) atoms. The molecule has 1 N–H and O–H groups in total. The van der Waals surface area contributed by atoms with Gasteiger partial charge in [-0.3, -0.25) is 0 Å². The first kappa shape index (κ1) is 16.6. The first-order valence-corrected chi connectivity index (χ1v) is 10.3. The number of nitrogens with one attached hydrogen (secondary N) is 1. The molecule has 0 aliphatic carbocycles. The van der Waals surface area contributed by atoms with Crippen LogP contribution in [0.15, 0.2) is 52.3 Å². The van der Waals surface area contributed by atoms with Crippen molar-refractivity contribution in [3.05, 3.63) is 53.6 Å². The van der Waals surface area contributed by atoms with E-state index in [0.29, 0.717) is 21.8 Å². The summed E-state index contributed by atoms with van der Waals surface area (Å²) in [4.78, 5) is 3.11. The summed E-state index contributed by atoms with van der Waals surface area (Å²) in [5.74, 6) is 0.396. The molecule has 2 aliphatic rings. The molecule has 132 valence electrons. The summed E-state index contributed by atoms with van der Waals surface area (Å²) >= 11 is 0. The second-order valence-electron chi connectivity index (χ2n) is 7.30. The second-order valence-corrected chi connectivity index (χ2v) is 9.25. The third kappa shape index (κ3) is 2.96. The molecule has 0 radical (unpaired) electrons. The minimum atomic E-state index is -3.47. The van der Waals surface area contributed by atoms with Crippen molar-refractivity contribution in [1.29, 1.82) is 0 Å². The highest BCUT2D eigenvalue weighted by Crippen LogP contribution is 2.42. The third-order valence-electron chi connectivity index (χ3n) is 5.53. The van der Waals surface area contributed by atoms with Crippen molar-refractivity contribution in [2.24, 2.45) is 0 Å². The lowest BCUT2D eigenvalue weighted by Crippen LogP contribution is -2.22. The molecule has 0 saturated carbocycles. The topological polar surface area (TPSA) is 49.4 Å². The van der Waals surface area contributed by atoms with Gasteiger partial charge in [-0.1, -0.05) is 17.7 Å². The Balaban J connectivity index is 1.71. The molecule has 0 bridgehead atoms. The summed E-state index contributed by atoms with van der Waals surface area (Å²) in [6.07, 6.45) is 2.16. The van der Waals surface area contributed by atoms with Crippen LogP contribution < -0.4 is 5.32 Å². The largest absolute Gasteiger partial charge is 0.381 e. The number of nitrogens with zero attached hydrogens (tertiary/aromatic N) is 1. The molecule has 4 nitrogen and oxygen atoms in total. The highest BCUT2D eigenvalue weighted by molar-refractivity contribution is 7.91. The molecular formula is C20H24N2O2S. The lowest BCUT2D eigenvalue weighted by atomic mass is 9.91. The first-order valence-electron chi connectivity index (χ1n) is 8.86. The van der Waals surface area contributed by atoms with Gasteiger partial charge in [-0.05, 0) is 75.8 Å². The first-order chi connectivity index (χ1) is 11.9. The van der Waals surface area contributed by atoms with Gasteiger partial charge in [0, 0.05) is 17.6 Å². The van der Waals surface area contributed by atoms with Gasteiger partial charge in [0.05, 0.1) is 9.79 Å². The van der Waals surface area contributed by atoms with Gasteiger partial charge >= 0.3 is 0 Å². The van der Waals surface area contributed by atoms with Crippen LogP contribution in [0, 0.1) is 6.92 Å². The maximum atomic E-state index is 13.0. The molecule has 2 heterocycles. The highest BCUT2D eigenvalue weighted by Gasteiger charge is 2.34. The predicted molar refractivity (Wildman–Crippen MR) is 100.0 cm³/mol. The molecule has 5 heteroatoms. The zero-order valence-corrected chi connectivity index (χ0v) is 15.5. The van der Waals surface area contributed by atoms with Crippen molar-refractivity contribution in [2.75, 3.05) is 25.5 Å². The number of likely N-dealkylation sites (tertiary alicyclic amines) is 1. The van der Waals surface area contributed by atoms with Gasteiger partial charge in [0.15, 0.2) is 0 Å². The number of benzene rings is 2. The third-order valence-corrected chi connectivity index (χ3v) is 7.30. The van der Waals surface area contributed by atoms with Crippen LogP contribution in [-0.2, 0) is 9.84 Å². The molecule has 0 spiro atoms. The maximum absolute atomic E-state index is 13.0. The fourth-order valence-corrected chi connectivity index (χ4v) is 5.27. The Labute approximate surface area is 149 Å². The molecule has 2 aromatic carbocycles. The Bertz CT molecular complexity index is 890. The van der Waals surface area contributed by atoms with Crippen molar-refractivity contribution < 1.29 is 8.42 Å². The van der Waals surface area contributed by atoms with Gasteiger partial charge in [-0.25, -0.2) is 8.42 Å². The highest BCUT2D eigenvalue weighted by atomic mass is 32.2. The molecule has 0 unspecified atom stereocenters. The average molecular weight is 356 g/mol. The maximum Gasteiger partial charge on any atom is 0.206 e. The molecule has 2 atom stereocenters. The van der Waals surface area contributed by atoms with E-state index in [1.165, 1.54) is 0 Å². The number of anilines is 1. The van der Waals surface area contributed by atoms with Gasteiger partial charge in [0.2, 0.25) is 9.84 Å². The Morgan fingerprint density at radius 3 is 2.44 bits per heavy atom. The quantitative estimate of drug-likeness (QED) is 0.896. The van der Waals surface area contributed by atoms with E-state index < -0.39 is 9.84 Å². The van der Waals surface area contributed by atoms with Crippen LogP contribution in [0.1, 0.15) is 29.9 Å². The molecule has 1 saturated heterocycles. The summed E-state index contributed by atoms with van der Waals surface area (Å²) in [6.45, 7) is 4.09. The number of hydrogen-bond donors (Lipinski definition) is 1. The summed E-state index contributed by atoms with van der Waals surface area (Å²) in [6, 6.07) is 13.1. The van der Waals surface area contributed by atoms with Crippen LogP contribution >= 0.6 is 0 Å². The Morgan fingerprint density at radius 1 is 1.00 bits per heavy atom. The SMILES string of the molecule is Cc1ccc(S(=O)(=O)c2ccc3c(c2)[C@@H]2CCN(C)CC[C@@H]2N3)cc1. The van der Waals surface area contributed by atoms with E-state index in [1.807, 2.05) is 31.2 Å². The lowest BCUT2D eigenvalue weighted by Gasteiger charge is -2.16. The van der Waals surface area contributed by atoms with Crippen LogP contribution in [-0.4, -0.2) is 39.5 Å². The fraction of sp³-hybridized carbons (Fsp3) is 0.400. The van der Waals surface area contributed by atoms with E-state index in [-0.39, 0.29) is 0 Å². The number of rotatable bonds is 2. The molecule has 0 amide bonds. The molecule has 0 aromatic heterocycles. The number of hydrogen-bond acceptors (Lipinski definition) is 4. The smallest absolute Gasteiger partial charge is 0.206 e. The summed E-state index contributed by atoms with van der Waals surface area (Å²) in [5, 5.41) is 3.60. The van der Waals surface area contributed by atoms with Crippen LogP contribution in [0.3, 0.4) is 0 Å². The van der Waals surface area contributed by atoms with Gasteiger partial charge in [0.25, 0.3) is 0 Å². The normalized spacial score (nSPS) is 23.4. The molecule has 1 fully saturated rings. The van der Waals surface area contributed by atoms with Crippen molar-refractivity contribution in [3.63, 3.8) is 0 Å². The minimum Gasteiger partial charge on any atom is -0.381 e. The summed E-state index contributed by atoms with van der Waals surface area (Å²) in [5.41, 5.74) is 3.32. The molecule has 4 rings (SSSR count). The summed E-state index contributed by atoms with van der Waals surface area (Å²) in [7, 11) is -1.32. The van der Waals surface area contributed by atoms with E-state index in [1.54, 1.807) is 18.2 Å². The second kappa shape index (κ2) is 6.15. The number of sulfone groups is 1. The van der Waals surface area contributed by atoms with E-state index in [4.69, 9.17) is 0 Å². The van der Waals surface area contributed by atoms with Gasteiger partial charge in [-0.15, -0.1) is 0 Å². The van der Waals surface area contributed by atoms with Crippen molar-refractivity contribution >= 4 is 15.5 Å². The van der Waals surface area contributed by atoms with E-state index in [9.17, 15) is 8.42 Å². The van der Waals surface area contributed by atoms with Crippen molar-refractivity contribution in [1.82, 2.24) is 4.90 Å². The number of aryl methyl sites for hydroxylation is 1. The standard InChI is InChI=1S/C20H24N2O2S/c1-14-3-5-15(6-4-14)25(23,24)16-7-8-19-18(13-16)17-9-11-22(2)12-10-20(17)21-19/h3-8,13,17,20-21H,9-12H2,1-2H3/t17-,20-/m0/s1. The predicted octanol–water partition coefficient (Wildman–Crippen LogP) is 3.43. The molecular weight excluding hydrogens is 332 g/mol. The molecule has 2 aliphatic heterocycles. The number of fused-ring (bicyclic) bond motifs is 3. The molecule has 2 aromatic rings. The Morgan fingerprint density at radius 2 is 1.68 bits per heavy atom. The van der Waals surface area contributed by atoms with E-state index in [0.717, 1.165) is 42.7 Å². The zero-order chi connectivity index (χ0) is 17.6. The fourth-order valence-electron chi connectivity index (χ4n) is 3.98. The van der Waals surface area contributed by atoms with Crippen molar-refractivity contribution in [2.45, 2.75) is 41.5 Å². The van der Waals surface area contributed by atoms with Crippen LogP contribution in [0.5, 0.6) is 0 Å². The Kier molecular flexibility index (Phi) is 4.08. The van der Waals surface area contributed by atoms with Crippen molar-refractivity contribution in [3.8, 4) is 0 Å². The summed E-state index contributed by atoms with van der Waals surface area (Å²) < 4.78 is 26.0. The van der Waals surface area contributed by atoms with E-state index in [2.05, 4.69) is 17.3 Å².